The highest BCUT2D eigenvalue weighted by Crippen LogP contribution is 2.50. The molecule has 0 aromatic rings. The van der Waals surface area contributed by atoms with Gasteiger partial charge in [0.05, 0.1) is 12.7 Å². The van der Waals surface area contributed by atoms with Crippen LogP contribution in [0.3, 0.4) is 0 Å². The molecule has 1 rings (SSSR count). The summed E-state index contributed by atoms with van der Waals surface area (Å²) in [6.45, 7) is 5.71. The topological polar surface area (TPSA) is 38.8 Å². The third-order valence-electron chi connectivity index (χ3n) is 2.47. The molecular weight excluding hydrogens is 225 g/mol. The molecule has 0 amide bonds. The average Bonchev–Trinajstić information content (AvgIpc) is 2.77. The van der Waals surface area contributed by atoms with E-state index in [1.54, 1.807) is 0 Å². The number of hydrogen-bond acceptors (Lipinski definition) is 3. The van der Waals surface area contributed by atoms with E-state index in [2.05, 4.69) is 16.1 Å². The van der Waals surface area contributed by atoms with Gasteiger partial charge in [0, 0.05) is 12.0 Å². The molecule has 0 aromatic heterocycles. The quantitative estimate of drug-likeness (QED) is 0.428. The fraction of sp³-hybridized carbons (Fsp3) is 0.700. The zero-order chi connectivity index (χ0) is 12.6. The Bertz CT molecular complexity index is 311. The van der Waals surface area contributed by atoms with Crippen LogP contribution in [0.4, 0.5) is 13.2 Å². The van der Waals surface area contributed by atoms with E-state index in [0.717, 1.165) is 6.92 Å². The summed E-state index contributed by atoms with van der Waals surface area (Å²) in [6.07, 6.45) is -5.27. The molecule has 1 saturated heterocycles. The van der Waals surface area contributed by atoms with Gasteiger partial charge in [-0.15, -0.1) is 0 Å². The molecule has 2 atom stereocenters. The first-order valence-electron chi connectivity index (χ1n) is 4.75. The number of carbonyl (C=O) groups is 1. The maximum absolute atomic E-state index is 12.3. The summed E-state index contributed by atoms with van der Waals surface area (Å²) in [6, 6.07) is 0. The third kappa shape index (κ3) is 2.55. The van der Waals surface area contributed by atoms with E-state index in [-0.39, 0.29) is 18.6 Å². The van der Waals surface area contributed by atoms with Gasteiger partial charge in [-0.05, 0) is 13.8 Å². The highest BCUT2D eigenvalue weighted by Gasteiger charge is 2.69. The molecule has 1 fully saturated rings. The van der Waals surface area contributed by atoms with Crippen molar-refractivity contribution in [3.05, 3.63) is 12.2 Å². The summed E-state index contributed by atoms with van der Waals surface area (Å²) < 4.78 is 46.3. The van der Waals surface area contributed by atoms with Crippen molar-refractivity contribution < 1.29 is 27.4 Å². The molecule has 6 heteroatoms. The Morgan fingerprint density at radius 1 is 1.56 bits per heavy atom. The van der Waals surface area contributed by atoms with Gasteiger partial charge in [-0.2, -0.15) is 13.2 Å². The minimum atomic E-state index is -4.38. The van der Waals surface area contributed by atoms with Crippen LogP contribution in [0.1, 0.15) is 20.3 Å². The molecule has 3 nitrogen and oxygen atoms in total. The Labute approximate surface area is 91.2 Å². The van der Waals surface area contributed by atoms with Crippen LogP contribution < -0.4 is 0 Å². The predicted octanol–water partition coefficient (Wildman–Crippen LogP) is 2.22. The normalized spacial score (nSPS) is 28.7. The van der Waals surface area contributed by atoms with Gasteiger partial charge in [-0.3, -0.25) is 0 Å². The second-order valence-corrected chi connectivity index (χ2v) is 3.92. The van der Waals surface area contributed by atoms with Crippen molar-refractivity contribution in [3.63, 3.8) is 0 Å². The number of epoxide rings is 1. The summed E-state index contributed by atoms with van der Waals surface area (Å²) in [5.74, 6) is -0.602. The summed E-state index contributed by atoms with van der Waals surface area (Å²) in [5.41, 5.74) is -1.86. The van der Waals surface area contributed by atoms with Crippen LogP contribution >= 0.6 is 0 Å². The number of esters is 1. The van der Waals surface area contributed by atoms with Gasteiger partial charge in [0.25, 0.3) is 0 Å². The molecule has 2 unspecified atom stereocenters. The monoisotopic (exact) mass is 238 g/mol. The Morgan fingerprint density at radius 2 is 2.12 bits per heavy atom. The molecule has 16 heavy (non-hydrogen) atoms. The van der Waals surface area contributed by atoms with Crippen LogP contribution in [0.5, 0.6) is 0 Å². The van der Waals surface area contributed by atoms with Gasteiger partial charge in [0.2, 0.25) is 0 Å². The second-order valence-electron chi connectivity index (χ2n) is 3.92. The summed E-state index contributed by atoms with van der Waals surface area (Å²) >= 11 is 0. The fourth-order valence-corrected chi connectivity index (χ4v) is 1.23. The predicted molar refractivity (Wildman–Crippen MR) is 49.7 cm³/mol. The van der Waals surface area contributed by atoms with Crippen LogP contribution in [0.25, 0.3) is 0 Å². The van der Waals surface area contributed by atoms with Crippen molar-refractivity contribution in [1.82, 2.24) is 0 Å². The van der Waals surface area contributed by atoms with Crippen molar-refractivity contribution in [2.24, 2.45) is 0 Å². The van der Waals surface area contributed by atoms with Crippen LogP contribution in [0.15, 0.2) is 12.2 Å². The molecule has 0 aliphatic carbocycles. The summed E-state index contributed by atoms with van der Waals surface area (Å²) in [7, 11) is 0. The summed E-state index contributed by atoms with van der Waals surface area (Å²) in [5, 5.41) is 0. The second kappa shape index (κ2) is 4.08. The zero-order valence-corrected chi connectivity index (χ0v) is 9.06. The molecule has 0 radical (unpaired) electrons. The number of rotatable bonds is 4. The van der Waals surface area contributed by atoms with E-state index >= 15 is 0 Å². The molecule has 0 bridgehead atoms. The lowest BCUT2D eigenvalue weighted by atomic mass is 10.1. The van der Waals surface area contributed by atoms with Crippen LogP contribution in [-0.2, 0) is 14.3 Å². The number of hydrogen-bond donors (Lipinski definition) is 0. The first-order chi connectivity index (χ1) is 7.18. The fourth-order valence-electron chi connectivity index (χ4n) is 1.23. The molecule has 1 aliphatic heterocycles. The van der Waals surface area contributed by atoms with Gasteiger partial charge in [0.1, 0.15) is 0 Å². The van der Waals surface area contributed by atoms with Crippen LogP contribution in [-0.4, -0.2) is 30.5 Å². The standard InChI is InChI=1S/C10H13F3O3/c1-6(2)8(14)15-5-4-7-9(3,16-7)10(11,12)13/h7H,1,4-5H2,2-3H3. The smallest absolute Gasteiger partial charge is 0.419 e. The number of carbonyl (C=O) groups excluding carboxylic acids is 1. The Balaban J connectivity index is 2.28. The van der Waals surface area contributed by atoms with Crippen molar-refractivity contribution >= 4 is 5.97 Å². The van der Waals surface area contributed by atoms with Crippen molar-refractivity contribution in [2.75, 3.05) is 6.61 Å². The average molecular weight is 238 g/mol. The molecule has 92 valence electrons. The van der Waals surface area contributed by atoms with Crippen LogP contribution in [0.2, 0.25) is 0 Å². The minimum absolute atomic E-state index is 0.0367. The SMILES string of the molecule is C=C(C)C(=O)OCCC1OC1(C)C(F)(F)F. The molecule has 1 heterocycles. The van der Waals surface area contributed by atoms with E-state index in [4.69, 9.17) is 0 Å². The largest absolute Gasteiger partial charge is 0.462 e. The Morgan fingerprint density at radius 3 is 2.50 bits per heavy atom. The molecule has 0 spiro atoms. The maximum Gasteiger partial charge on any atom is 0.419 e. The highest BCUT2D eigenvalue weighted by molar-refractivity contribution is 5.86. The van der Waals surface area contributed by atoms with E-state index in [1.165, 1.54) is 6.92 Å². The van der Waals surface area contributed by atoms with Crippen molar-refractivity contribution in [1.29, 1.82) is 0 Å². The van der Waals surface area contributed by atoms with E-state index in [1.807, 2.05) is 0 Å². The molecule has 0 saturated carbocycles. The molecule has 0 N–H and O–H groups in total. The zero-order valence-electron chi connectivity index (χ0n) is 9.06. The molecule has 1 aliphatic rings. The lowest BCUT2D eigenvalue weighted by Gasteiger charge is -2.11. The highest BCUT2D eigenvalue weighted by atomic mass is 19.4. The number of ether oxygens (including phenoxy) is 2. The lowest BCUT2D eigenvalue weighted by Crippen LogP contribution is -2.32. The van der Waals surface area contributed by atoms with Gasteiger partial charge in [-0.1, -0.05) is 6.58 Å². The van der Waals surface area contributed by atoms with Crippen molar-refractivity contribution in [3.8, 4) is 0 Å². The van der Waals surface area contributed by atoms with Crippen molar-refractivity contribution in [2.45, 2.75) is 38.1 Å². The third-order valence-corrected chi connectivity index (χ3v) is 2.47. The Hall–Kier alpha value is -1.04. The molecular formula is C10H13F3O3. The maximum atomic E-state index is 12.3. The number of halogens is 3. The number of alkyl halides is 3. The van der Waals surface area contributed by atoms with Gasteiger partial charge in [-0.25, -0.2) is 4.79 Å². The molecule has 0 aromatic carbocycles. The van der Waals surface area contributed by atoms with Crippen LogP contribution in [0, 0.1) is 0 Å². The minimum Gasteiger partial charge on any atom is -0.462 e. The first kappa shape index (κ1) is 13.0. The first-order valence-corrected chi connectivity index (χ1v) is 4.75. The van der Waals surface area contributed by atoms with E-state index in [0.29, 0.717) is 0 Å². The van der Waals surface area contributed by atoms with E-state index in [9.17, 15) is 18.0 Å². The van der Waals surface area contributed by atoms with Gasteiger partial charge >= 0.3 is 12.1 Å². The van der Waals surface area contributed by atoms with Gasteiger partial charge in [0.15, 0.2) is 5.60 Å². The van der Waals surface area contributed by atoms with Gasteiger partial charge < -0.3 is 9.47 Å². The Kier molecular flexibility index (Phi) is 3.33. The van der Waals surface area contributed by atoms with E-state index < -0.39 is 23.9 Å². The lowest BCUT2D eigenvalue weighted by molar-refractivity contribution is -0.178. The summed E-state index contributed by atoms with van der Waals surface area (Å²) in [4.78, 5) is 10.9.